The third kappa shape index (κ3) is 8.81. The van der Waals surface area contributed by atoms with Crippen LogP contribution >= 0.6 is 0 Å². The molecule has 0 amide bonds. The number of nitrogens with two attached hydrogens (primary N) is 2. The second-order valence-electron chi connectivity index (χ2n) is 8.78. The van der Waals surface area contributed by atoms with Gasteiger partial charge in [0.15, 0.2) is 5.96 Å². The number of hydrogen-bond donors (Lipinski definition) is 3. The van der Waals surface area contributed by atoms with Gasteiger partial charge in [-0.2, -0.15) is 0 Å². The Hall–Kier alpha value is -2.09. The van der Waals surface area contributed by atoms with Gasteiger partial charge in [-0.25, -0.2) is 15.6 Å². The molecular formula is C24H44N6O2. The third-order valence-corrected chi connectivity index (χ3v) is 6.21. The molecule has 8 heteroatoms. The highest BCUT2D eigenvalue weighted by Gasteiger charge is 2.36. The van der Waals surface area contributed by atoms with Crippen molar-refractivity contribution < 1.29 is 9.53 Å². The van der Waals surface area contributed by atoms with Crippen molar-refractivity contribution in [2.75, 3.05) is 19.7 Å². The molecule has 1 saturated heterocycles. The standard InChI is InChI=1S/C24H44N6O2/c1-2-3-4-5-6-7-8-9-10-14-20-22(21-15-13-17-30(21)24(25)29-20)23(31)32-18-12-11-16-27-19-28-26/h19-20H,2-18,26H2,1H3,(H2,25,29)(H,27,28)/t20-/m0/s1. The highest BCUT2D eigenvalue weighted by molar-refractivity contribution is 5.95. The molecule has 0 aliphatic carbocycles. The predicted molar refractivity (Wildman–Crippen MR) is 131 cm³/mol. The van der Waals surface area contributed by atoms with Crippen LogP contribution in [0.5, 0.6) is 0 Å². The summed E-state index contributed by atoms with van der Waals surface area (Å²) in [6.07, 6.45) is 17.3. The van der Waals surface area contributed by atoms with Crippen molar-refractivity contribution >= 4 is 18.3 Å². The van der Waals surface area contributed by atoms with Crippen LogP contribution in [0.25, 0.3) is 0 Å². The van der Waals surface area contributed by atoms with Crippen LogP contribution in [0, 0.1) is 0 Å². The van der Waals surface area contributed by atoms with Crippen LogP contribution in [0.1, 0.15) is 96.8 Å². The molecule has 182 valence electrons. The van der Waals surface area contributed by atoms with Gasteiger partial charge in [-0.15, -0.1) is 0 Å². The van der Waals surface area contributed by atoms with Crippen molar-refractivity contribution in [1.82, 2.24) is 10.3 Å². The van der Waals surface area contributed by atoms with Gasteiger partial charge in [-0.3, -0.25) is 4.99 Å². The summed E-state index contributed by atoms with van der Waals surface area (Å²) in [7, 11) is 0. The Balaban J connectivity index is 1.79. The lowest BCUT2D eigenvalue weighted by Crippen LogP contribution is -2.41. The minimum Gasteiger partial charge on any atom is -0.462 e. The average molecular weight is 449 g/mol. The van der Waals surface area contributed by atoms with Crippen LogP contribution in [-0.4, -0.2) is 48.9 Å². The number of hydrazine groups is 1. The van der Waals surface area contributed by atoms with Gasteiger partial charge in [0.25, 0.3) is 0 Å². The highest BCUT2D eigenvalue weighted by Crippen LogP contribution is 2.33. The molecule has 2 rings (SSSR count). The van der Waals surface area contributed by atoms with E-state index in [0.717, 1.165) is 56.3 Å². The summed E-state index contributed by atoms with van der Waals surface area (Å²) in [4.78, 5) is 23.8. The predicted octanol–water partition coefficient (Wildman–Crippen LogP) is 3.77. The Bertz CT molecular complexity index is 646. The second kappa shape index (κ2) is 15.7. The number of fused-ring (bicyclic) bond motifs is 1. The summed E-state index contributed by atoms with van der Waals surface area (Å²) < 4.78 is 5.63. The van der Waals surface area contributed by atoms with Gasteiger partial charge in [-0.1, -0.05) is 64.7 Å². The van der Waals surface area contributed by atoms with Crippen LogP contribution in [0.2, 0.25) is 0 Å². The largest absolute Gasteiger partial charge is 0.462 e. The lowest BCUT2D eigenvalue weighted by atomic mass is 9.96. The quantitative estimate of drug-likeness (QED) is 0.0778. The van der Waals surface area contributed by atoms with Gasteiger partial charge in [0, 0.05) is 18.8 Å². The number of nitrogens with one attached hydrogen (secondary N) is 1. The van der Waals surface area contributed by atoms with Crippen LogP contribution in [-0.2, 0) is 9.53 Å². The van der Waals surface area contributed by atoms with Crippen LogP contribution < -0.4 is 17.0 Å². The van der Waals surface area contributed by atoms with Crippen LogP contribution in [0.4, 0.5) is 0 Å². The lowest BCUT2D eigenvalue weighted by Gasteiger charge is -2.30. The van der Waals surface area contributed by atoms with E-state index in [0.29, 0.717) is 19.1 Å². The number of allylic oxidation sites excluding steroid dienone is 1. The van der Waals surface area contributed by atoms with E-state index in [-0.39, 0.29) is 12.0 Å². The lowest BCUT2D eigenvalue weighted by molar-refractivity contribution is -0.139. The second-order valence-corrected chi connectivity index (χ2v) is 8.78. The van der Waals surface area contributed by atoms with Crippen LogP contribution in [0.3, 0.4) is 0 Å². The number of unbranched alkanes of at least 4 members (excludes halogenated alkanes) is 9. The number of aliphatic imine (C=N–C) groups is 2. The van der Waals surface area contributed by atoms with E-state index < -0.39 is 0 Å². The molecule has 2 heterocycles. The van der Waals surface area contributed by atoms with Gasteiger partial charge < -0.3 is 20.8 Å². The molecule has 0 bridgehead atoms. The van der Waals surface area contributed by atoms with E-state index in [4.69, 9.17) is 21.3 Å². The first-order chi connectivity index (χ1) is 15.7. The zero-order valence-electron chi connectivity index (χ0n) is 20.0. The maximum absolute atomic E-state index is 13.0. The van der Waals surface area contributed by atoms with Gasteiger partial charge in [0.05, 0.1) is 24.6 Å². The van der Waals surface area contributed by atoms with E-state index >= 15 is 0 Å². The molecule has 0 aromatic heterocycles. The number of rotatable bonds is 17. The first-order valence-electron chi connectivity index (χ1n) is 12.6. The van der Waals surface area contributed by atoms with Crippen molar-refractivity contribution in [3.05, 3.63) is 11.3 Å². The number of carbonyl (C=O) groups is 1. The Morgan fingerprint density at radius 1 is 1.16 bits per heavy atom. The molecule has 0 unspecified atom stereocenters. The molecule has 5 N–H and O–H groups in total. The normalized spacial score (nSPS) is 18.2. The number of carbonyl (C=O) groups excluding carboxylic acids is 1. The van der Waals surface area contributed by atoms with E-state index in [1.54, 1.807) is 0 Å². The van der Waals surface area contributed by atoms with E-state index in [9.17, 15) is 4.79 Å². The van der Waals surface area contributed by atoms with Crippen LogP contribution in [0.15, 0.2) is 21.3 Å². The van der Waals surface area contributed by atoms with Crippen molar-refractivity contribution in [1.29, 1.82) is 0 Å². The molecule has 0 radical (unpaired) electrons. The van der Waals surface area contributed by atoms with Crippen molar-refractivity contribution in [3.8, 4) is 0 Å². The number of nitrogens with zero attached hydrogens (tertiary/aromatic N) is 3. The first-order valence-corrected chi connectivity index (χ1v) is 12.6. The Morgan fingerprint density at radius 2 is 1.88 bits per heavy atom. The monoisotopic (exact) mass is 448 g/mol. The van der Waals surface area contributed by atoms with Gasteiger partial charge in [-0.05, 0) is 32.1 Å². The number of esters is 1. The van der Waals surface area contributed by atoms with Crippen molar-refractivity contribution in [3.63, 3.8) is 0 Å². The first kappa shape index (κ1) is 26.2. The maximum Gasteiger partial charge on any atom is 0.337 e. The SMILES string of the molecule is CCCCCCCCCCC[C@@H]1N=C(N)N2CCCC2=C1C(=O)OCCCCN=CNN. The molecular weight excluding hydrogens is 404 g/mol. The maximum atomic E-state index is 13.0. The highest BCUT2D eigenvalue weighted by atomic mass is 16.5. The third-order valence-electron chi connectivity index (χ3n) is 6.21. The smallest absolute Gasteiger partial charge is 0.337 e. The summed E-state index contributed by atoms with van der Waals surface area (Å²) in [6.45, 7) is 4.14. The topological polar surface area (TPSA) is 118 Å². The average Bonchev–Trinajstić information content (AvgIpc) is 3.27. The van der Waals surface area contributed by atoms with E-state index in [1.807, 2.05) is 4.90 Å². The van der Waals surface area contributed by atoms with Crippen molar-refractivity contribution in [2.24, 2.45) is 21.6 Å². The molecule has 2 aliphatic rings. The molecule has 8 nitrogen and oxygen atoms in total. The Kier molecular flexibility index (Phi) is 12.8. The molecule has 0 spiro atoms. The number of hydrogen-bond acceptors (Lipinski definition) is 7. The van der Waals surface area contributed by atoms with Gasteiger partial charge in [0.2, 0.25) is 0 Å². The summed E-state index contributed by atoms with van der Waals surface area (Å²) in [5.74, 6) is 5.47. The minimum atomic E-state index is -0.226. The number of ether oxygens (including phenoxy) is 1. The van der Waals surface area contributed by atoms with Crippen molar-refractivity contribution in [2.45, 2.75) is 103 Å². The van der Waals surface area contributed by atoms with Gasteiger partial charge in [0.1, 0.15) is 0 Å². The fraction of sp³-hybridized carbons (Fsp3) is 0.792. The summed E-state index contributed by atoms with van der Waals surface area (Å²) in [6, 6.07) is -0.170. The fourth-order valence-electron chi connectivity index (χ4n) is 4.47. The minimum absolute atomic E-state index is 0.170. The summed E-state index contributed by atoms with van der Waals surface area (Å²) >= 11 is 0. The molecule has 1 fully saturated rings. The Labute approximate surface area is 193 Å². The molecule has 2 aliphatic heterocycles. The van der Waals surface area contributed by atoms with E-state index in [2.05, 4.69) is 17.3 Å². The molecule has 0 aromatic rings. The molecule has 0 saturated carbocycles. The summed E-state index contributed by atoms with van der Waals surface area (Å²) in [5.41, 5.74) is 10.4. The number of guanidine groups is 1. The fourth-order valence-corrected chi connectivity index (χ4v) is 4.47. The van der Waals surface area contributed by atoms with Gasteiger partial charge >= 0.3 is 5.97 Å². The van der Waals surface area contributed by atoms with E-state index in [1.165, 1.54) is 57.7 Å². The molecule has 0 aromatic carbocycles. The summed E-state index contributed by atoms with van der Waals surface area (Å²) in [5, 5.41) is 0. The molecule has 1 atom stereocenters. The zero-order chi connectivity index (χ0) is 23.0. The zero-order valence-corrected chi connectivity index (χ0v) is 20.0. The molecule has 32 heavy (non-hydrogen) atoms. The Morgan fingerprint density at radius 3 is 2.59 bits per heavy atom.